The van der Waals surface area contributed by atoms with Crippen molar-refractivity contribution in [2.75, 3.05) is 13.2 Å². The van der Waals surface area contributed by atoms with Crippen LogP contribution < -0.4 is 4.74 Å². The summed E-state index contributed by atoms with van der Waals surface area (Å²) >= 11 is 0. The van der Waals surface area contributed by atoms with Gasteiger partial charge in [-0.15, -0.1) is 0 Å². The van der Waals surface area contributed by atoms with Gasteiger partial charge in [-0.05, 0) is 46.8 Å². The van der Waals surface area contributed by atoms with Crippen LogP contribution in [0.4, 0.5) is 0 Å². The number of benzene rings is 2. The first-order chi connectivity index (χ1) is 15.7. The first kappa shape index (κ1) is 25.0. The summed E-state index contributed by atoms with van der Waals surface area (Å²) < 4.78 is 13.8. The Morgan fingerprint density at radius 1 is 1.00 bits per heavy atom. The summed E-state index contributed by atoms with van der Waals surface area (Å²) in [5.41, 5.74) is 4.10. The summed E-state index contributed by atoms with van der Waals surface area (Å²) in [4.78, 5) is 2.24. The van der Waals surface area contributed by atoms with E-state index >= 15 is 0 Å². The Morgan fingerprint density at radius 3 is 2.27 bits per heavy atom. The third-order valence-corrected chi connectivity index (χ3v) is 5.53. The zero-order chi connectivity index (χ0) is 24.0. The van der Waals surface area contributed by atoms with Gasteiger partial charge in [0, 0.05) is 31.7 Å². The topological polar surface area (TPSA) is 59.8 Å². The molecular formula is C27H37N3O3. The molecule has 0 aliphatic heterocycles. The van der Waals surface area contributed by atoms with Gasteiger partial charge in [-0.1, -0.05) is 48.0 Å². The normalized spacial score (nSPS) is 12.7. The van der Waals surface area contributed by atoms with Gasteiger partial charge in [0.1, 0.15) is 11.4 Å². The van der Waals surface area contributed by atoms with Crippen LogP contribution in [0.5, 0.6) is 11.6 Å². The molecule has 0 spiro atoms. The van der Waals surface area contributed by atoms with Gasteiger partial charge in [-0.25, -0.2) is 4.68 Å². The summed E-state index contributed by atoms with van der Waals surface area (Å²) in [6.45, 7) is 11.7. The zero-order valence-corrected chi connectivity index (χ0v) is 20.7. The molecule has 0 aliphatic carbocycles. The molecule has 0 unspecified atom stereocenters. The molecule has 3 rings (SSSR count). The van der Waals surface area contributed by atoms with E-state index < -0.39 is 6.10 Å². The number of aryl methyl sites for hydroxylation is 2. The number of aromatic nitrogens is 2. The molecule has 0 saturated heterocycles. The van der Waals surface area contributed by atoms with Gasteiger partial charge in [0.05, 0.1) is 24.4 Å². The summed E-state index contributed by atoms with van der Waals surface area (Å²) in [5, 5.41) is 15.4. The Labute approximate surface area is 197 Å². The fourth-order valence-electron chi connectivity index (χ4n) is 3.66. The van der Waals surface area contributed by atoms with E-state index in [1.54, 1.807) is 4.68 Å². The minimum Gasteiger partial charge on any atom is -0.439 e. The quantitative estimate of drug-likeness (QED) is 0.435. The molecule has 6 heteroatoms. The highest BCUT2D eigenvalue weighted by Crippen LogP contribution is 2.34. The van der Waals surface area contributed by atoms with Crippen molar-refractivity contribution in [2.45, 2.75) is 59.4 Å². The molecule has 1 heterocycles. The Bertz CT molecular complexity index is 997. The van der Waals surface area contributed by atoms with E-state index in [1.165, 1.54) is 5.56 Å². The Morgan fingerprint density at radius 2 is 1.67 bits per heavy atom. The largest absolute Gasteiger partial charge is 0.439 e. The SMILES string of the molecule is Cc1ccc(Oc2c(CN(C[C@@H](O)COC(C)C)C(C)C)c(-c3ccccc3)nn2C)cc1. The van der Waals surface area contributed by atoms with Gasteiger partial charge in [0.2, 0.25) is 5.88 Å². The molecule has 1 N–H and O–H groups in total. The third-order valence-electron chi connectivity index (χ3n) is 5.53. The number of hydrogen-bond donors (Lipinski definition) is 1. The summed E-state index contributed by atoms with van der Waals surface area (Å²) in [5.74, 6) is 1.47. The zero-order valence-electron chi connectivity index (χ0n) is 20.7. The predicted molar refractivity (Wildman–Crippen MR) is 133 cm³/mol. The molecule has 0 fully saturated rings. The van der Waals surface area contributed by atoms with Crippen LogP contribution in [0.2, 0.25) is 0 Å². The van der Waals surface area contributed by atoms with Crippen LogP contribution in [0.1, 0.15) is 38.8 Å². The Balaban J connectivity index is 1.94. The number of aliphatic hydroxyl groups excluding tert-OH is 1. The van der Waals surface area contributed by atoms with Crippen molar-refractivity contribution < 1.29 is 14.6 Å². The lowest BCUT2D eigenvalue weighted by Crippen LogP contribution is -2.39. The fraction of sp³-hybridized carbons (Fsp3) is 0.444. The van der Waals surface area contributed by atoms with Gasteiger partial charge in [0.15, 0.2) is 0 Å². The van der Waals surface area contributed by atoms with E-state index in [2.05, 4.69) is 37.8 Å². The van der Waals surface area contributed by atoms with Crippen molar-refractivity contribution in [3.8, 4) is 22.9 Å². The molecule has 33 heavy (non-hydrogen) atoms. The van der Waals surface area contributed by atoms with E-state index in [1.807, 2.05) is 63.4 Å². The lowest BCUT2D eigenvalue weighted by atomic mass is 10.1. The summed E-state index contributed by atoms with van der Waals surface area (Å²) in [7, 11) is 1.91. The van der Waals surface area contributed by atoms with Crippen LogP contribution in [-0.4, -0.2) is 51.2 Å². The van der Waals surface area contributed by atoms with Crippen LogP contribution in [0.25, 0.3) is 11.3 Å². The molecule has 6 nitrogen and oxygen atoms in total. The van der Waals surface area contributed by atoms with Crippen molar-refractivity contribution >= 4 is 0 Å². The van der Waals surface area contributed by atoms with Crippen LogP contribution in [0.15, 0.2) is 54.6 Å². The molecule has 3 aromatic rings. The monoisotopic (exact) mass is 451 g/mol. The van der Waals surface area contributed by atoms with E-state index in [0.717, 1.165) is 22.6 Å². The average Bonchev–Trinajstić information content (AvgIpc) is 3.09. The second-order valence-electron chi connectivity index (χ2n) is 9.10. The second-order valence-corrected chi connectivity index (χ2v) is 9.10. The number of nitrogens with zero attached hydrogens (tertiary/aromatic N) is 3. The van der Waals surface area contributed by atoms with Crippen LogP contribution >= 0.6 is 0 Å². The average molecular weight is 452 g/mol. The third kappa shape index (κ3) is 6.90. The highest BCUT2D eigenvalue weighted by molar-refractivity contribution is 5.65. The minimum absolute atomic E-state index is 0.0877. The molecule has 1 aromatic heterocycles. The van der Waals surface area contributed by atoms with Crippen molar-refractivity contribution in [2.24, 2.45) is 7.05 Å². The number of rotatable bonds is 11. The molecule has 0 bridgehead atoms. The fourth-order valence-corrected chi connectivity index (χ4v) is 3.66. The molecule has 2 aromatic carbocycles. The van der Waals surface area contributed by atoms with E-state index in [0.29, 0.717) is 25.6 Å². The summed E-state index contributed by atoms with van der Waals surface area (Å²) in [6.07, 6.45) is -0.488. The number of hydrogen-bond acceptors (Lipinski definition) is 5. The highest BCUT2D eigenvalue weighted by Gasteiger charge is 2.24. The van der Waals surface area contributed by atoms with E-state index in [4.69, 9.17) is 14.6 Å². The predicted octanol–water partition coefficient (Wildman–Crippen LogP) is 5.18. The standard InChI is InChI=1S/C27H37N3O3/c1-19(2)30(16-23(31)18-32-20(3)4)17-25-26(22-10-8-7-9-11-22)28-29(6)27(25)33-24-14-12-21(5)13-15-24/h7-15,19-20,23,31H,16-18H2,1-6H3/t23-/m1/s1. The van der Waals surface area contributed by atoms with Crippen LogP contribution in [-0.2, 0) is 18.3 Å². The maximum atomic E-state index is 10.6. The van der Waals surface area contributed by atoms with Gasteiger partial charge < -0.3 is 14.6 Å². The first-order valence-electron chi connectivity index (χ1n) is 11.6. The Hall–Kier alpha value is -2.67. The second kappa shape index (κ2) is 11.5. The molecule has 178 valence electrons. The first-order valence-corrected chi connectivity index (χ1v) is 11.6. The van der Waals surface area contributed by atoms with Crippen molar-refractivity contribution in [3.05, 3.63) is 65.7 Å². The van der Waals surface area contributed by atoms with Crippen molar-refractivity contribution in [1.82, 2.24) is 14.7 Å². The summed E-state index contributed by atoms with van der Waals surface area (Å²) in [6, 6.07) is 18.4. The lowest BCUT2D eigenvalue weighted by molar-refractivity contribution is -0.0137. The smallest absolute Gasteiger partial charge is 0.222 e. The van der Waals surface area contributed by atoms with Gasteiger partial charge in [0.25, 0.3) is 0 Å². The maximum absolute atomic E-state index is 10.6. The van der Waals surface area contributed by atoms with Crippen LogP contribution in [0, 0.1) is 6.92 Å². The molecule has 1 atom stereocenters. The van der Waals surface area contributed by atoms with Crippen LogP contribution in [0.3, 0.4) is 0 Å². The number of ether oxygens (including phenoxy) is 2. The van der Waals surface area contributed by atoms with E-state index in [-0.39, 0.29) is 12.1 Å². The van der Waals surface area contributed by atoms with Crippen molar-refractivity contribution in [3.63, 3.8) is 0 Å². The molecular weight excluding hydrogens is 414 g/mol. The van der Waals surface area contributed by atoms with Gasteiger partial charge in [-0.3, -0.25) is 4.90 Å². The van der Waals surface area contributed by atoms with E-state index in [9.17, 15) is 5.11 Å². The molecule has 0 amide bonds. The molecule has 0 saturated carbocycles. The molecule has 0 radical (unpaired) electrons. The highest BCUT2D eigenvalue weighted by atomic mass is 16.5. The van der Waals surface area contributed by atoms with Gasteiger partial charge >= 0.3 is 0 Å². The molecule has 0 aliphatic rings. The maximum Gasteiger partial charge on any atom is 0.222 e. The number of aliphatic hydroxyl groups is 1. The lowest BCUT2D eigenvalue weighted by Gasteiger charge is -2.29. The minimum atomic E-state index is -0.576. The Kier molecular flexibility index (Phi) is 8.67. The van der Waals surface area contributed by atoms with Crippen molar-refractivity contribution in [1.29, 1.82) is 0 Å². The van der Waals surface area contributed by atoms with Gasteiger partial charge in [-0.2, -0.15) is 5.10 Å².